The number of hydrogen-bond donors (Lipinski definition) is 0. The van der Waals surface area contributed by atoms with Crippen LogP contribution in [0.4, 0.5) is 4.39 Å². The van der Waals surface area contributed by atoms with Crippen molar-refractivity contribution in [3.63, 3.8) is 0 Å². The number of carbonyl (C=O) groups excluding carboxylic acids is 1. The molecule has 5 nitrogen and oxygen atoms in total. The summed E-state index contributed by atoms with van der Waals surface area (Å²) in [6.45, 7) is 2.40. The maximum atomic E-state index is 13.1. The van der Waals surface area contributed by atoms with Gasteiger partial charge in [-0.15, -0.1) is 0 Å². The van der Waals surface area contributed by atoms with Gasteiger partial charge in [0.25, 0.3) is 5.91 Å². The minimum atomic E-state index is -0.643. The first-order valence-corrected chi connectivity index (χ1v) is 6.60. The van der Waals surface area contributed by atoms with Crippen LogP contribution in [0.2, 0.25) is 0 Å². The molecule has 6 heteroatoms. The molecule has 0 spiro atoms. The van der Waals surface area contributed by atoms with E-state index in [-0.39, 0.29) is 11.6 Å². The smallest absolute Gasteiger partial charge is 0.272 e. The summed E-state index contributed by atoms with van der Waals surface area (Å²) in [5, 5.41) is 0. The number of pyridine rings is 1. The largest absolute Gasteiger partial charge is 0.383 e. The van der Waals surface area contributed by atoms with Gasteiger partial charge in [0.15, 0.2) is 0 Å². The predicted octanol–water partition coefficient (Wildman–Crippen LogP) is 1.26. The number of carbonyl (C=O) groups is 1. The van der Waals surface area contributed by atoms with Crippen molar-refractivity contribution in [3.05, 3.63) is 29.8 Å². The van der Waals surface area contributed by atoms with Crippen LogP contribution in [0.15, 0.2) is 18.2 Å². The van der Waals surface area contributed by atoms with Crippen LogP contribution in [0.25, 0.3) is 0 Å². The summed E-state index contributed by atoms with van der Waals surface area (Å²) in [4.78, 5) is 19.6. The molecular formula is C14H22FN3O2. The fourth-order valence-electron chi connectivity index (χ4n) is 1.78. The number of methoxy groups -OCH3 is 1. The summed E-state index contributed by atoms with van der Waals surface area (Å²) in [5.41, 5.74) is 0.131. The lowest BCUT2D eigenvalue weighted by atomic mass is 10.3. The Morgan fingerprint density at radius 3 is 2.65 bits per heavy atom. The lowest BCUT2D eigenvalue weighted by Crippen LogP contribution is -2.36. The molecule has 0 radical (unpaired) electrons. The zero-order valence-electron chi connectivity index (χ0n) is 12.3. The van der Waals surface area contributed by atoms with Crippen LogP contribution in [-0.4, -0.2) is 68.1 Å². The Kier molecular flexibility index (Phi) is 7.11. The molecule has 0 saturated heterocycles. The Balaban J connectivity index is 2.68. The van der Waals surface area contributed by atoms with Gasteiger partial charge in [0, 0.05) is 20.2 Å². The van der Waals surface area contributed by atoms with Crippen molar-refractivity contribution in [3.8, 4) is 0 Å². The van der Waals surface area contributed by atoms with Crippen molar-refractivity contribution in [2.75, 3.05) is 47.4 Å². The molecule has 112 valence electrons. The molecule has 0 N–H and O–H groups in total. The Morgan fingerprint density at radius 2 is 2.05 bits per heavy atom. The summed E-state index contributed by atoms with van der Waals surface area (Å²) in [6.07, 6.45) is 0.845. The minimum absolute atomic E-state index is 0.131. The molecule has 1 amide bonds. The first kappa shape index (κ1) is 16.5. The standard InChI is InChI=1S/C14H22FN3O2/c1-17(2)8-5-9-18(10-11-20-3)14(19)12-6-4-7-13(15)16-12/h4,6-7H,5,8-11H2,1-3H3. The summed E-state index contributed by atoms with van der Waals surface area (Å²) in [5.74, 6) is -0.906. The molecule has 0 fully saturated rings. The van der Waals surface area contributed by atoms with Crippen LogP contribution in [0.1, 0.15) is 16.9 Å². The first-order valence-electron chi connectivity index (χ1n) is 6.60. The molecule has 0 aliphatic carbocycles. The Bertz CT molecular complexity index is 427. The zero-order chi connectivity index (χ0) is 15.0. The monoisotopic (exact) mass is 283 g/mol. The Hall–Kier alpha value is -1.53. The number of nitrogens with zero attached hydrogens (tertiary/aromatic N) is 3. The van der Waals surface area contributed by atoms with Crippen LogP contribution >= 0.6 is 0 Å². The fraction of sp³-hybridized carbons (Fsp3) is 0.571. The maximum Gasteiger partial charge on any atom is 0.272 e. The van der Waals surface area contributed by atoms with Gasteiger partial charge in [0.1, 0.15) is 5.69 Å². The second-order valence-electron chi connectivity index (χ2n) is 4.79. The topological polar surface area (TPSA) is 45.7 Å². The molecule has 20 heavy (non-hydrogen) atoms. The van der Waals surface area contributed by atoms with E-state index in [0.29, 0.717) is 19.7 Å². The highest BCUT2D eigenvalue weighted by Crippen LogP contribution is 2.05. The SMILES string of the molecule is COCCN(CCCN(C)C)C(=O)c1cccc(F)n1. The van der Waals surface area contributed by atoms with Gasteiger partial charge in [0.2, 0.25) is 5.95 Å². The molecule has 0 aliphatic rings. The first-order chi connectivity index (χ1) is 9.54. The molecule has 0 aromatic carbocycles. The van der Waals surface area contributed by atoms with E-state index < -0.39 is 5.95 Å². The van der Waals surface area contributed by atoms with Gasteiger partial charge in [-0.3, -0.25) is 4.79 Å². The van der Waals surface area contributed by atoms with Crippen LogP contribution in [0.3, 0.4) is 0 Å². The molecule has 0 saturated carbocycles. The van der Waals surface area contributed by atoms with E-state index >= 15 is 0 Å². The molecule has 0 unspecified atom stereocenters. The lowest BCUT2D eigenvalue weighted by molar-refractivity contribution is 0.0682. The highest BCUT2D eigenvalue weighted by Gasteiger charge is 2.17. The van der Waals surface area contributed by atoms with E-state index in [1.54, 1.807) is 12.0 Å². The van der Waals surface area contributed by atoms with E-state index in [1.165, 1.54) is 18.2 Å². The molecule has 0 atom stereocenters. The van der Waals surface area contributed by atoms with E-state index in [0.717, 1.165) is 13.0 Å². The predicted molar refractivity (Wildman–Crippen MR) is 75.1 cm³/mol. The van der Waals surface area contributed by atoms with Gasteiger partial charge >= 0.3 is 0 Å². The number of aromatic nitrogens is 1. The third-order valence-corrected chi connectivity index (χ3v) is 2.82. The normalized spacial score (nSPS) is 10.8. The van der Waals surface area contributed by atoms with Gasteiger partial charge in [-0.05, 0) is 39.2 Å². The van der Waals surface area contributed by atoms with E-state index in [4.69, 9.17) is 4.74 Å². The van der Waals surface area contributed by atoms with Crippen LogP contribution in [0.5, 0.6) is 0 Å². The molecule has 0 bridgehead atoms. The second-order valence-corrected chi connectivity index (χ2v) is 4.79. The van der Waals surface area contributed by atoms with Gasteiger partial charge in [-0.1, -0.05) is 6.07 Å². The average molecular weight is 283 g/mol. The van der Waals surface area contributed by atoms with Crippen LogP contribution in [-0.2, 0) is 4.74 Å². The summed E-state index contributed by atoms with van der Waals surface area (Å²) in [6, 6.07) is 4.24. The Morgan fingerprint density at radius 1 is 1.30 bits per heavy atom. The quantitative estimate of drug-likeness (QED) is 0.674. The third-order valence-electron chi connectivity index (χ3n) is 2.82. The third kappa shape index (κ3) is 5.63. The van der Waals surface area contributed by atoms with E-state index in [2.05, 4.69) is 9.88 Å². The number of rotatable bonds is 8. The van der Waals surface area contributed by atoms with Crippen molar-refractivity contribution in [1.82, 2.24) is 14.8 Å². The highest BCUT2D eigenvalue weighted by atomic mass is 19.1. The molecule has 1 heterocycles. The fourth-order valence-corrected chi connectivity index (χ4v) is 1.78. The number of amides is 1. The summed E-state index contributed by atoms with van der Waals surface area (Å²) >= 11 is 0. The minimum Gasteiger partial charge on any atom is -0.383 e. The van der Waals surface area contributed by atoms with Gasteiger partial charge in [0.05, 0.1) is 6.61 Å². The van der Waals surface area contributed by atoms with Gasteiger partial charge < -0.3 is 14.5 Å². The lowest BCUT2D eigenvalue weighted by Gasteiger charge is -2.22. The number of ether oxygens (including phenoxy) is 1. The maximum absolute atomic E-state index is 13.1. The number of halogens is 1. The molecular weight excluding hydrogens is 261 g/mol. The van der Waals surface area contributed by atoms with Crippen molar-refractivity contribution < 1.29 is 13.9 Å². The molecule has 0 aliphatic heterocycles. The summed E-state index contributed by atoms with van der Waals surface area (Å²) < 4.78 is 18.1. The Labute approximate surface area is 119 Å². The van der Waals surface area contributed by atoms with Gasteiger partial charge in [-0.2, -0.15) is 4.39 Å². The second kappa shape index (κ2) is 8.60. The number of hydrogen-bond acceptors (Lipinski definition) is 4. The van der Waals surface area contributed by atoms with Crippen molar-refractivity contribution in [2.24, 2.45) is 0 Å². The summed E-state index contributed by atoms with van der Waals surface area (Å²) in [7, 11) is 5.55. The van der Waals surface area contributed by atoms with Crippen molar-refractivity contribution in [1.29, 1.82) is 0 Å². The van der Waals surface area contributed by atoms with E-state index in [1.807, 2.05) is 14.1 Å². The average Bonchev–Trinajstić information content (AvgIpc) is 2.41. The van der Waals surface area contributed by atoms with Gasteiger partial charge in [-0.25, -0.2) is 4.98 Å². The molecule has 1 rings (SSSR count). The van der Waals surface area contributed by atoms with Crippen LogP contribution < -0.4 is 0 Å². The van der Waals surface area contributed by atoms with Crippen molar-refractivity contribution in [2.45, 2.75) is 6.42 Å². The zero-order valence-corrected chi connectivity index (χ0v) is 12.3. The van der Waals surface area contributed by atoms with E-state index in [9.17, 15) is 9.18 Å². The van der Waals surface area contributed by atoms with Crippen molar-refractivity contribution >= 4 is 5.91 Å². The molecule has 1 aromatic heterocycles. The molecule has 1 aromatic rings. The highest BCUT2D eigenvalue weighted by molar-refractivity contribution is 5.92. The van der Waals surface area contributed by atoms with Crippen LogP contribution in [0, 0.1) is 5.95 Å².